The van der Waals surface area contributed by atoms with Crippen molar-refractivity contribution < 1.29 is 4.74 Å². The van der Waals surface area contributed by atoms with E-state index in [9.17, 15) is 0 Å². The van der Waals surface area contributed by atoms with Crippen LogP contribution in [0.3, 0.4) is 0 Å². The number of methoxy groups -OCH3 is 1. The molecule has 5 heteroatoms. The second-order valence-corrected chi connectivity index (χ2v) is 6.95. The quantitative estimate of drug-likeness (QED) is 0.857. The van der Waals surface area contributed by atoms with Crippen LogP contribution < -0.4 is 9.64 Å². The summed E-state index contributed by atoms with van der Waals surface area (Å²) in [7, 11) is 1.71. The van der Waals surface area contributed by atoms with Crippen molar-refractivity contribution in [2.75, 3.05) is 38.2 Å². The summed E-state index contributed by atoms with van der Waals surface area (Å²) < 4.78 is 5.27. The van der Waals surface area contributed by atoms with Gasteiger partial charge in [-0.05, 0) is 30.7 Å². The third kappa shape index (κ3) is 3.21. The zero-order valence-electron chi connectivity index (χ0n) is 15.1. The summed E-state index contributed by atoms with van der Waals surface area (Å²) >= 11 is 0. The maximum Gasteiger partial charge on any atom is 0.136 e. The van der Waals surface area contributed by atoms with Crippen molar-refractivity contribution in [1.82, 2.24) is 14.9 Å². The van der Waals surface area contributed by atoms with Gasteiger partial charge >= 0.3 is 0 Å². The summed E-state index contributed by atoms with van der Waals surface area (Å²) in [6.45, 7) is 7.49. The lowest BCUT2D eigenvalue weighted by atomic mass is 9.98. The number of hydrogen-bond donors (Lipinski definition) is 0. The van der Waals surface area contributed by atoms with Gasteiger partial charge in [-0.2, -0.15) is 0 Å². The largest absolute Gasteiger partial charge is 0.497 e. The molecule has 0 aliphatic carbocycles. The molecule has 0 spiro atoms. The van der Waals surface area contributed by atoms with Crippen LogP contribution in [0.4, 0.5) is 5.82 Å². The lowest BCUT2D eigenvalue weighted by Gasteiger charge is -2.30. The van der Waals surface area contributed by atoms with Crippen LogP contribution in [0.2, 0.25) is 0 Å². The molecule has 3 heterocycles. The van der Waals surface area contributed by atoms with E-state index in [0.717, 1.165) is 50.7 Å². The van der Waals surface area contributed by atoms with Crippen LogP contribution in [-0.2, 0) is 13.0 Å². The molecule has 2 aliphatic heterocycles. The molecule has 0 saturated carbocycles. The van der Waals surface area contributed by atoms with E-state index in [4.69, 9.17) is 4.74 Å². The fraction of sp³-hybridized carbons (Fsp3) is 0.500. The standard InChI is InChI=1S/C20H26N4O/c1-3-23-10-9-19-18(13-23)20(22-14-21-19)24-11-8-16(12-24)15-4-6-17(25-2)7-5-15/h4-7,14,16H,3,8-13H2,1-2H3. The Kier molecular flexibility index (Phi) is 4.57. The van der Waals surface area contributed by atoms with Crippen molar-refractivity contribution in [3.8, 4) is 5.75 Å². The third-order valence-electron chi connectivity index (χ3n) is 5.58. The summed E-state index contributed by atoms with van der Waals surface area (Å²) in [6, 6.07) is 8.51. The van der Waals surface area contributed by atoms with E-state index in [0.29, 0.717) is 5.92 Å². The minimum Gasteiger partial charge on any atom is -0.497 e. The summed E-state index contributed by atoms with van der Waals surface area (Å²) in [5.74, 6) is 2.63. The fourth-order valence-corrected chi connectivity index (χ4v) is 4.03. The zero-order valence-corrected chi connectivity index (χ0v) is 15.1. The lowest BCUT2D eigenvalue weighted by Crippen LogP contribution is -2.33. The molecule has 1 unspecified atom stereocenters. The van der Waals surface area contributed by atoms with Gasteiger partial charge in [-0.1, -0.05) is 19.1 Å². The molecule has 1 atom stereocenters. The summed E-state index contributed by atoms with van der Waals surface area (Å²) in [5.41, 5.74) is 3.97. The van der Waals surface area contributed by atoms with E-state index in [2.05, 4.69) is 51.0 Å². The first kappa shape index (κ1) is 16.3. The number of fused-ring (bicyclic) bond motifs is 1. The highest BCUT2D eigenvalue weighted by Gasteiger charge is 2.29. The number of aromatic nitrogens is 2. The van der Waals surface area contributed by atoms with Crippen LogP contribution in [0.1, 0.15) is 36.1 Å². The maximum absolute atomic E-state index is 5.27. The van der Waals surface area contributed by atoms with E-state index in [-0.39, 0.29) is 0 Å². The predicted molar refractivity (Wildman–Crippen MR) is 99.3 cm³/mol. The molecule has 1 fully saturated rings. The van der Waals surface area contributed by atoms with Crippen LogP contribution >= 0.6 is 0 Å². The van der Waals surface area contributed by atoms with Gasteiger partial charge < -0.3 is 9.64 Å². The molecule has 4 rings (SSSR count). The molecule has 2 aliphatic rings. The van der Waals surface area contributed by atoms with Crippen LogP contribution in [0.5, 0.6) is 5.75 Å². The molecule has 0 radical (unpaired) electrons. The van der Waals surface area contributed by atoms with Gasteiger partial charge in [-0.3, -0.25) is 4.90 Å². The Morgan fingerprint density at radius 2 is 2.00 bits per heavy atom. The van der Waals surface area contributed by atoms with Crippen molar-refractivity contribution in [3.05, 3.63) is 47.4 Å². The van der Waals surface area contributed by atoms with Crippen molar-refractivity contribution in [2.24, 2.45) is 0 Å². The Morgan fingerprint density at radius 3 is 2.76 bits per heavy atom. The summed E-state index contributed by atoms with van der Waals surface area (Å²) in [6.07, 6.45) is 3.95. The third-order valence-corrected chi connectivity index (χ3v) is 5.58. The van der Waals surface area contributed by atoms with E-state index < -0.39 is 0 Å². The van der Waals surface area contributed by atoms with Crippen molar-refractivity contribution >= 4 is 5.82 Å². The lowest BCUT2D eigenvalue weighted by molar-refractivity contribution is 0.265. The van der Waals surface area contributed by atoms with Crippen LogP contribution in [0, 0.1) is 0 Å². The Morgan fingerprint density at radius 1 is 1.16 bits per heavy atom. The molecule has 5 nitrogen and oxygen atoms in total. The van der Waals surface area contributed by atoms with Gasteiger partial charge in [0.05, 0.1) is 12.8 Å². The Labute approximate surface area is 149 Å². The molecule has 0 amide bonds. The molecular weight excluding hydrogens is 312 g/mol. The van der Waals surface area contributed by atoms with Gasteiger partial charge in [0.15, 0.2) is 0 Å². The number of ether oxygens (including phenoxy) is 1. The van der Waals surface area contributed by atoms with E-state index in [1.807, 2.05) is 0 Å². The molecule has 2 aromatic rings. The number of rotatable bonds is 4. The summed E-state index contributed by atoms with van der Waals surface area (Å²) in [4.78, 5) is 14.1. The highest BCUT2D eigenvalue weighted by Crippen LogP contribution is 2.34. The van der Waals surface area contributed by atoms with E-state index in [1.54, 1.807) is 13.4 Å². The number of hydrogen-bond acceptors (Lipinski definition) is 5. The molecule has 25 heavy (non-hydrogen) atoms. The molecule has 132 valence electrons. The first-order valence-corrected chi connectivity index (χ1v) is 9.22. The molecule has 0 bridgehead atoms. The minimum absolute atomic E-state index is 0.558. The van der Waals surface area contributed by atoms with E-state index >= 15 is 0 Å². The first-order chi connectivity index (χ1) is 12.3. The van der Waals surface area contributed by atoms with Crippen LogP contribution in [0.25, 0.3) is 0 Å². The fourth-order valence-electron chi connectivity index (χ4n) is 4.03. The highest BCUT2D eigenvalue weighted by atomic mass is 16.5. The maximum atomic E-state index is 5.27. The van der Waals surface area contributed by atoms with Gasteiger partial charge in [0.25, 0.3) is 0 Å². The molecule has 1 saturated heterocycles. The number of anilines is 1. The first-order valence-electron chi connectivity index (χ1n) is 9.22. The molecule has 1 aromatic heterocycles. The SMILES string of the molecule is CCN1CCc2ncnc(N3CCC(c4ccc(OC)cc4)C3)c2C1. The zero-order chi connectivity index (χ0) is 17.2. The van der Waals surface area contributed by atoms with Crippen LogP contribution in [-0.4, -0.2) is 48.2 Å². The number of benzene rings is 1. The molecule has 0 N–H and O–H groups in total. The highest BCUT2D eigenvalue weighted by molar-refractivity contribution is 5.51. The smallest absolute Gasteiger partial charge is 0.136 e. The average Bonchev–Trinajstić information content (AvgIpc) is 3.17. The monoisotopic (exact) mass is 338 g/mol. The van der Waals surface area contributed by atoms with Crippen LogP contribution in [0.15, 0.2) is 30.6 Å². The van der Waals surface area contributed by atoms with E-state index in [1.165, 1.54) is 23.2 Å². The van der Waals surface area contributed by atoms with Crippen molar-refractivity contribution in [1.29, 1.82) is 0 Å². The predicted octanol–water partition coefficient (Wildman–Crippen LogP) is 2.86. The Bertz CT molecular complexity index is 731. The van der Waals surface area contributed by atoms with Gasteiger partial charge in [0, 0.05) is 44.1 Å². The molecule has 1 aromatic carbocycles. The van der Waals surface area contributed by atoms with Gasteiger partial charge in [-0.25, -0.2) is 9.97 Å². The number of likely N-dealkylation sites (N-methyl/N-ethyl adjacent to an activating group) is 1. The average molecular weight is 338 g/mol. The van der Waals surface area contributed by atoms with Gasteiger partial charge in [0.1, 0.15) is 17.9 Å². The van der Waals surface area contributed by atoms with Gasteiger partial charge in [0.2, 0.25) is 0 Å². The molecular formula is C20H26N4O. The van der Waals surface area contributed by atoms with Gasteiger partial charge in [-0.15, -0.1) is 0 Å². The summed E-state index contributed by atoms with van der Waals surface area (Å²) in [5, 5.41) is 0. The van der Waals surface area contributed by atoms with Crippen molar-refractivity contribution in [3.63, 3.8) is 0 Å². The topological polar surface area (TPSA) is 41.5 Å². The normalized spacial score (nSPS) is 20.6. The Balaban J connectivity index is 1.54. The Hall–Kier alpha value is -2.14. The minimum atomic E-state index is 0.558. The van der Waals surface area contributed by atoms with Crippen molar-refractivity contribution in [2.45, 2.75) is 32.2 Å². The second-order valence-electron chi connectivity index (χ2n) is 6.95. The number of nitrogens with zero attached hydrogens (tertiary/aromatic N) is 4. The second kappa shape index (κ2) is 7.00.